The van der Waals surface area contributed by atoms with Crippen molar-refractivity contribution in [2.24, 2.45) is 0 Å². The standard InChI is InChI=1S/C14H16N2O2S/c1-14(2,3)16-12(13(17)18)11(9-15-16)19-10-7-5-4-6-8-10/h4-9H,1-3H3,(H,17,18). The lowest BCUT2D eigenvalue weighted by molar-refractivity contribution is 0.0670. The summed E-state index contributed by atoms with van der Waals surface area (Å²) in [6.07, 6.45) is 1.62. The van der Waals surface area contributed by atoms with E-state index in [1.807, 2.05) is 51.1 Å². The summed E-state index contributed by atoms with van der Waals surface area (Å²) in [6.45, 7) is 5.80. The Kier molecular flexibility index (Phi) is 3.66. The van der Waals surface area contributed by atoms with Gasteiger partial charge < -0.3 is 5.11 Å². The highest BCUT2D eigenvalue weighted by atomic mass is 32.2. The molecule has 0 aliphatic heterocycles. The van der Waals surface area contributed by atoms with Gasteiger partial charge >= 0.3 is 5.97 Å². The molecule has 0 bridgehead atoms. The van der Waals surface area contributed by atoms with Crippen molar-refractivity contribution in [2.45, 2.75) is 36.1 Å². The number of carbonyl (C=O) groups is 1. The second-order valence-corrected chi connectivity index (χ2v) is 6.28. The van der Waals surface area contributed by atoms with Crippen LogP contribution in [0.15, 0.2) is 46.3 Å². The van der Waals surface area contributed by atoms with Crippen LogP contribution in [0.2, 0.25) is 0 Å². The Morgan fingerprint density at radius 3 is 2.42 bits per heavy atom. The first kappa shape index (κ1) is 13.7. The smallest absolute Gasteiger partial charge is 0.355 e. The first-order valence-electron chi connectivity index (χ1n) is 5.94. The third-order valence-electron chi connectivity index (χ3n) is 2.54. The molecule has 2 aromatic rings. The maximum Gasteiger partial charge on any atom is 0.355 e. The van der Waals surface area contributed by atoms with Gasteiger partial charge in [-0.15, -0.1) is 0 Å². The van der Waals surface area contributed by atoms with Crippen LogP contribution in [0.25, 0.3) is 0 Å². The monoisotopic (exact) mass is 276 g/mol. The highest BCUT2D eigenvalue weighted by molar-refractivity contribution is 7.99. The molecule has 0 amide bonds. The Morgan fingerprint density at radius 2 is 1.89 bits per heavy atom. The maximum atomic E-state index is 11.5. The van der Waals surface area contributed by atoms with Crippen molar-refractivity contribution in [3.63, 3.8) is 0 Å². The fraction of sp³-hybridized carbons (Fsp3) is 0.286. The van der Waals surface area contributed by atoms with Crippen molar-refractivity contribution in [1.29, 1.82) is 0 Å². The SMILES string of the molecule is CC(C)(C)n1ncc(Sc2ccccc2)c1C(=O)O. The van der Waals surface area contributed by atoms with E-state index in [0.717, 1.165) is 4.90 Å². The van der Waals surface area contributed by atoms with Gasteiger partial charge in [-0.1, -0.05) is 30.0 Å². The number of hydrogen-bond donors (Lipinski definition) is 1. The van der Waals surface area contributed by atoms with Crippen LogP contribution in [0.5, 0.6) is 0 Å². The zero-order valence-electron chi connectivity index (χ0n) is 11.1. The van der Waals surface area contributed by atoms with Crippen LogP contribution < -0.4 is 0 Å². The number of carboxylic acid groups (broad SMARTS) is 1. The molecule has 1 N–H and O–H groups in total. The summed E-state index contributed by atoms with van der Waals surface area (Å²) < 4.78 is 1.56. The Labute approximate surface area is 116 Å². The zero-order valence-corrected chi connectivity index (χ0v) is 11.9. The van der Waals surface area contributed by atoms with Gasteiger partial charge in [-0.2, -0.15) is 5.10 Å². The van der Waals surface area contributed by atoms with Crippen LogP contribution in [0.1, 0.15) is 31.3 Å². The van der Waals surface area contributed by atoms with Gasteiger partial charge in [0, 0.05) is 4.90 Å². The minimum Gasteiger partial charge on any atom is -0.476 e. The molecule has 4 nitrogen and oxygen atoms in total. The number of aromatic carboxylic acids is 1. The molecule has 1 aromatic carbocycles. The van der Waals surface area contributed by atoms with Crippen LogP contribution >= 0.6 is 11.8 Å². The third-order valence-corrected chi connectivity index (χ3v) is 3.57. The van der Waals surface area contributed by atoms with E-state index in [0.29, 0.717) is 4.90 Å². The summed E-state index contributed by atoms with van der Waals surface area (Å²) >= 11 is 1.42. The number of rotatable bonds is 3. The number of nitrogens with zero attached hydrogens (tertiary/aromatic N) is 2. The molecule has 0 atom stereocenters. The predicted molar refractivity (Wildman–Crippen MR) is 74.7 cm³/mol. The average molecular weight is 276 g/mol. The normalized spacial score (nSPS) is 11.5. The molecule has 0 aliphatic rings. The zero-order chi connectivity index (χ0) is 14.0. The Bertz CT molecular complexity index is 585. The minimum absolute atomic E-state index is 0.237. The lowest BCUT2D eigenvalue weighted by Crippen LogP contribution is -2.27. The molecule has 0 saturated heterocycles. The molecule has 0 saturated carbocycles. The van der Waals surface area contributed by atoms with E-state index >= 15 is 0 Å². The van der Waals surface area contributed by atoms with Crippen molar-refractivity contribution in [3.8, 4) is 0 Å². The Hall–Kier alpha value is -1.75. The molecule has 1 heterocycles. The number of aromatic nitrogens is 2. The molecular weight excluding hydrogens is 260 g/mol. The molecule has 100 valence electrons. The lowest BCUT2D eigenvalue weighted by atomic mass is 10.1. The largest absolute Gasteiger partial charge is 0.476 e. The molecule has 19 heavy (non-hydrogen) atoms. The highest BCUT2D eigenvalue weighted by Crippen LogP contribution is 2.32. The van der Waals surface area contributed by atoms with Crippen molar-refractivity contribution in [1.82, 2.24) is 9.78 Å². The first-order chi connectivity index (χ1) is 8.89. The summed E-state index contributed by atoms with van der Waals surface area (Å²) in [5.41, 5.74) is -0.121. The molecule has 1 aromatic heterocycles. The summed E-state index contributed by atoms with van der Waals surface area (Å²) in [7, 11) is 0. The fourth-order valence-corrected chi connectivity index (χ4v) is 2.65. The topological polar surface area (TPSA) is 55.1 Å². The van der Waals surface area contributed by atoms with Gasteiger partial charge in [-0.3, -0.25) is 4.68 Å². The van der Waals surface area contributed by atoms with Gasteiger partial charge in [0.05, 0.1) is 16.6 Å². The van der Waals surface area contributed by atoms with Crippen LogP contribution in [-0.2, 0) is 5.54 Å². The van der Waals surface area contributed by atoms with Gasteiger partial charge in [0.1, 0.15) is 0 Å². The van der Waals surface area contributed by atoms with E-state index in [1.165, 1.54) is 11.8 Å². The molecule has 0 fully saturated rings. The highest BCUT2D eigenvalue weighted by Gasteiger charge is 2.25. The fourth-order valence-electron chi connectivity index (χ4n) is 1.73. The van der Waals surface area contributed by atoms with Gasteiger partial charge in [0.25, 0.3) is 0 Å². The van der Waals surface area contributed by atoms with Crippen LogP contribution in [0.4, 0.5) is 0 Å². The quantitative estimate of drug-likeness (QED) is 0.932. The van der Waals surface area contributed by atoms with Gasteiger partial charge in [-0.05, 0) is 32.9 Å². The summed E-state index contributed by atoms with van der Waals surface area (Å²) in [4.78, 5) is 13.1. The number of hydrogen-bond acceptors (Lipinski definition) is 3. The third kappa shape index (κ3) is 2.98. The second-order valence-electron chi connectivity index (χ2n) is 5.16. The van der Waals surface area contributed by atoms with E-state index < -0.39 is 5.97 Å². The van der Waals surface area contributed by atoms with Gasteiger partial charge in [0.2, 0.25) is 0 Å². The van der Waals surface area contributed by atoms with E-state index in [2.05, 4.69) is 5.10 Å². The van der Waals surface area contributed by atoms with E-state index in [1.54, 1.807) is 10.9 Å². The van der Waals surface area contributed by atoms with Crippen LogP contribution in [0, 0.1) is 0 Å². The summed E-state index contributed by atoms with van der Waals surface area (Å²) in [5, 5.41) is 13.6. The molecule has 0 unspecified atom stereocenters. The number of carboxylic acids is 1. The first-order valence-corrected chi connectivity index (χ1v) is 6.76. The molecule has 5 heteroatoms. The second kappa shape index (κ2) is 5.09. The Balaban J connectivity index is 2.42. The predicted octanol–water partition coefficient (Wildman–Crippen LogP) is 3.49. The van der Waals surface area contributed by atoms with E-state index in [-0.39, 0.29) is 11.2 Å². The van der Waals surface area contributed by atoms with Gasteiger partial charge in [-0.25, -0.2) is 4.79 Å². The van der Waals surface area contributed by atoms with Gasteiger partial charge in [0.15, 0.2) is 5.69 Å². The Morgan fingerprint density at radius 1 is 1.26 bits per heavy atom. The summed E-state index contributed by atoms with van der Waals surface area (Å²) in [6, 6.07) is 9.68. The molecular formula is C14H16N2O2S. The average Bonchev–Trinajstić information content (AvgIpc) is 2.74. The molecule has 0 aliphatic carbocycles. The van der Waals surface area contributed by atoms with Crippen molar-refractivity contribution >= 4 is 17.7 Å². The lowest BCUT2D eigenvalue weighted by Gasteiger charge is -2.21. The molecule has 0 spiro atoms. The number of benzene rings is 1. The summed E-state index contributed by atoms with van der Waals surface area (Å²) in [5.74, 6) is -0.953. The van der Waals surface area contributed by atoms with Crippen molar-refractivity contribution in [3.05, 3.63) is 42.2 Å². The maximum absolute atomic E-state index is 11.5. The molecule has 0 radical (unpaired) electrons. The minimum atomic E-state index is -0.953. The van der Waals surface area contributed by atoms with Crippen molar-refractivity contribution < 1.29 is 9.90 Å². The van der Waals surface area contributed by atoms with Crippen LogP contribution in [-0.4, -0.2) is 20.9 Å². The van der Waals surface area contributed by atoms with Crippen molar-refractivity contribution in [2.75, 3.05) is 0 Å². The molecule has 2 rings (SSSR count). The van der Waals surface area contributed by atoms with E-state index in [9.17, 15) is 9.90 Å². The van der Waals surface area contributed by atoms with E-state index in [4.69, 9.17) is 0 Å². The van der Waals surface area contributed by atoms with Crippen LogP contribution in [0.3, 0.4) is 0 Å².